The number of anilines is 1. The molecule has 0 spiro atoms. The van der Waals surface area contributed by atoms with Gasteiger partial charge in [-0.2, -0.15) is 0 Å². The number of nitrogens with one attached hydrogen (secondary N) is 2. The maximum absolute atomic E-state index is 11.7. The molecule has 0 heterocycles. The number of hydrogen-bond donors (Lipinski definition) is 2. The molecule has 3 rings (SSSR count). The molecule has 2 aliphatic rings. The molecule has 0 atom stereocenters. The Morgan fingerprint density at radius 3 is 2.32 bits per heavy atom. The largest absolute Gasteiger partial charge is 0.323 e. The molecule has 0 radical (unpaired) electrons. The summed E-state index contributed by atoms with van der Waals surface area (Å²) < 4.78 is 0. The number of rotatable bonds is 2. The van der Waals surface area contributed by atoms with Gasteiger partial charge in [0.05, 0.1) is 6.20 Å². The van der Waals surface area contributed by atoms with Crippen LogP contribution in [-0.2, 0) is 30.5 Å². The van der Waals surface area contributed by atoms with E-state index < -0.39 is 0 Å². The van der Waals surface area contributed by atoms with Crippen molar-refractivity contribution in [1.29, 1.82) is 0 Å². The van der Waals surface area contributed by atoms with Gasteiger partial charge in [-0.15, -0.1) is 0 Å². The lowest BCUT2D eigenvalue weighted by Crippen LogP contribution is -2.25. The van der Waals surface area contributed by atoms with Crippen LogP contribution in [0.4, 0.5) is 10.5 Å². The fourth-order valence-electron chi connectivity index (χ4n) is 3.21. The molecule has 0 saturated heterocycles. The highest BCUT2D eigenvalue weighted by Crippen LogP contribution is 2.38. The Morgan fingerprint density at radius 1 is 1.11 bits per heavy atom. The summed E-state index contributed by atoms with van der Waals surface area (Å²) >= 11 is 0. The zero-order chi connectivity index (χ0) is 13.2. The number of aryl methyl sites for hydroxylation is 2. The molecule has 1 aromatic rings. The fraction of sp³-hybridized carbons (Fsp3) is 0.400. The summed E-state index contributed by atoms with van der Waals surface area (Å²) in [6.07, 6.45) is 7.56. The minimum atomic E-state index is -0.363. The van der Waals surface area contributed by atoms with Gasteiger partial charge < -0.3 is 10.6 Å². The van der Waals surface area contributed by atoms with Crippen LogP contribution in [0.3, 0.4) is 0 Å². The van der Waals surface area contributed by atoms with Crippen molar-refractivity contribution in [3.63, 3.8) is 0 Å². The molecule has 2 N–H and O–H groups in total. The molecule has 0 unspecified atom stereocenters. The average Bonchev–Trinajstić information content (AvgIpc) is 3.04. The second-order valence-corrected chi connectivity index (χ2v) is 5.09. The number of carbonyl (C=O) groups excluding carboxylic acids is 2. The van der Waals surface area contributed by atoms with Gasteiger partial charge in [-0.3, -0.25) is 0 Å². The van der Waals surface area contributed by atoms with Crippen LogP contribution in [0.5, 0.6) is 0 Å². The predicted molar refractivity (Wildman–Crippen MR) is 72.9 cm³/mol. The van der Waals surface area contributed by atoms with Crippen molar-refractivity contribution < 1.29 is 9.59 Å². The zero-order valence-corrected chi connectivity index (χ0v) is 10.7. The molecule has 2 aliphatic carbocycles. The summed E-state index contributed by atoms with van der Waals surface area (Å²) in [5.41, 5.74) is 6.31. The smallest absolute Gasteiger partial charge is 0.307 e. The molecular formula is C15H16N2O2. The Hall–Kier alpha value is -2.06. The van der Waals surface area contributed by atoms with Gasteiger partial charge in [-0.05, 0) is 60.8 Å². The zero-order valence-electron chi connectivity index (χ0n) is 10.7. The second-order valence-electron chi connectivity index (χ2n) is 5.09. The maximum atomic E-state index is 11.7. The SMILES string of the molecule is O=C=CNC(=O)Nc1c2c(cc3c1CCC3)CCC2. The first-order chi connectivity index (χ1) is 9.29. The molecule has 4 nitrogen and oxygen atoms in total. The van der Waals surface area contributed by atoms with Crippen LogP contribution < -0.4 is 10.6 Å². The third kappa shape index (κ3) is 2.15. The quantitative estimate of drug-likeness (QED) is 0.796. The number of hydrogen-bond acceptors (Lipinski definition) is 2. The van der Waals surface area contributed by atoms with Gasteiger partial charge in [0.2, 0.25) is 0 Å². The minimum absolute atomic E-state index is 0.363. The van der Waals surface area contributed by atoms with Crippen molar-refractivity contribution in [2.75, 3.05) is 5.32 Å². The molecule has 0 bridgehead atoms. The Morgan fingerprint density at radius 2 is 1.74 bits per heavy atom. The highest BCUT2D eigenvalue weighted by Gasteiger charge is 2.24. The Labute approximate surface area is 111 Å². The summed E-state index contributed by atoms with van der Waals surface area (Å²) in [5, 5.41) is 5.28. The van der Waals surface area contributed by atoms with Gasteiger partial charge in [0.25, 0.3) is 0 Å². The summed E-state index contributed by atoms with van der Waals surface area (Å²) in [6, 6.07) is 1.96. The summed E-state index contributed by atoms with van der Waals surface area (Å²) in [6.45, 7) is 0. The Kier molecular flexibility index (Phi) is 3.10. The summed E-state index contributed by atoms with van der Waals surface area (Å²) in [7, 11) is 0. The molecule has 0 aromatic heterocycles. The predicted octanol–water partition coefficient (Wildman–Crippen LogP) is 2.13. The van der Waals surface area contributed by atoms with E-state index in [0.717, 1.165) is 50.4 Å². The molecule has 0 saturated carbocycles. The van der Waals surface area contributed by atoms with Gasteiger partial charge in [-0.1, -0.05) is 6.07 Å². The number of benzene rings is 1. The molecule has 4 heteroatoms. The maximum Gasteiger partial charge on any atom is 0.323 e. The van der Waals surface area contributed by atoms with Crippen LogP contribution in [-0.4, -0.2) is 12.0 Å². The highest BCUT2D eigenvalue weighted by molar-refractivity contribution is 5.93. The number of carbonyl (C=O) groups is 1. The van der Waals surface area contributed by atoms with E-state index in [0.29, 0.717) is 0 Å². The highest BCUT2D eigenvalue weighted by atomic mass is 16.2. The molecule has 0 fully saturated rings. The molecular weight excluding hydrogens is 240 g/mol. The summed E-state index contributed by atoms with van der Waals surface area (Å²) in [5.74, 6) is 1.54. The number of amides is 2. The van der Waals surface area contributed by atoms with Crippen molar-refractivity contribution >= 4 is 17.7 Å². The van der Waals surface area contributed by atoms with Crippen molar-refractivity contribution in [3.05, 3.63) is 34.5 Å². The van der Waals surface area contributed by atoms with Crippen LogP contribution in [0.1, 0.15) is 35.1 Å². The van der Waals surface area contributed by atoms with E-state index in [4.69, 9.17) is 0 Å². The monoisotopic (exact) mass is 256 g/mol. The Bertz CT molecular complexity index is 554. The van der Waals surface area contributed by atoms with Crippen molar-refractivity contribution in [2.24, 2.45) is 0 Å². The van der Waals surface area contributed by atoms with E-state index in [1.54, 1.807) is 5.94 Å². The van der Waals surface area contributed by atoms with Gasteiger partial charge in [0, 0.05) is 5.69 Å². The van der Waals surface area contributed by atoms with Crippen LogP contribution in [0.25, 0.3) is 0 Å². The van der Waals surface area contributed by atoms with Gasteiger partial charge in [0.15, 0.2) is 0 Å². The molecule has 2 amide bonds. The van der Waals surface area contributed by atoms with E-state index in [1.165, 1.54) is 22.3 Å². The van der Waals surface area contributed by atoms with Crippen molar-refractivity contribution in [1.82, 2.24) is 5.32 Å². The average molecular weight is 256 g/mol. The fourth-order valence-corrected chi connectivity index (χ4v) is 3.21. The topological polar surface area (TPSA) is 58.2 Å². The first-order valence-corrected chi connectivity index (χ1v) is 6.73. The molecule has 19 heavy (non-hydrogen) atoms. The van der Waals surface area contributed by atoms with Gasteiger partial charge in [0.1, 0.15) is 5.94 Å². The lowest BCUT2D eigenvalue weighted by Gasteiger charge is -2.15. The van der Waals surface area contributed by atoms with E-state index in [2.05, 4.69) is 16.7 Å². The van der Waals surface area contributed by atoms with E-state index in [1.807, 2.05) is 0 Å². The van der Waals surface area contributed by atoms with Gasteiger partial charge in [-0.25, -0.2) is 9.59 Å². The second kappa shape index (κ2) is 4.90. The van der Waals surface area contributed by atoms with E-state index in [9.17, 15) is 9.59 Å². The lowest BCUT2D eigenvalue weighted by atomic mass is 9.99. The molecule has 0 aliphatic heterocycles. The first kappa shape index (κ1) is 12.0. The van der Waals surface area contributed by atoms with E-state index >= 15 is 0 Å². The van der Waals surface area contributed by atoms with Crippen molar-refractivity contribution in [2.45, 2.75) is 38.5 Å². The standard InChI is InChI=1S/C15H16N2O2/c18-8-7-16-15(19)17-14-12-5-1-3-10(12)9-11-4-2-6-13(11)14/h7,9H,1-6H2,(H2,16,17,19). The van der Waals surface area contributed by atoms with Gasteiger partial charge >= 0.3 is 6.03 Å². The van der Waals surface area contributed by atoms with Crippen LogP contribution >= 0.6 is 0 Å². The third-order valence-corrected chi connectivity index (χ3v) is 3.97. The van der Waals surface area contributed by atoms with E-state index in [-0.39, 0.29) is 6.03 Å². The first-order valence-electron chi connectivity index (χ1n) is 6.73. The van der Waals surface area contributed by atoms with Crippen LogP contribution in [0.15, 0.2) is 12.3 Å². The number of urea groups is 1. The molecule has 1 aromatic carbocycles. The Balaban J connectivity index is 1.96. The third-order valence-electron chi connectivity index (χ3n) is 3.97. The normalized spacial score (nSPS) is 15.4. The minimum Gasteiger partial charge on any atom is -0.307 e. The number of fused-ring (bicyclic) bond motifs is 2. The lowest BCUT2D eigenvalue weighted by molar-refractivity contribution is 0.255. The van der Waals surface area contributed by atoms with Crippen LogP contribution in [0.2, 0.25) is 0 Å². The summed E-state index contributed by atoms with van der Waals surface area (Å²) in [4.78, 5) is 21.9. The van der Waals surface area contributed by atoms with Crippen LogP contribution in [0, 0.1) is 0 Å². The van der Waals surface area contributed by atoms with Crippen molar-refractivity contribution in [3.8, 4) is 0 Å². The molecule has 98 valence electrons.